The van der Waals surface area contributed by atoms with Gasteiger partial charge in [-0.3, -0.25) is 9.47 Å². The van der Waals surface area contributed by atoms with Gasteiger partial charge in [-0.1, -0.05) is 29.8 Å². The summed E-state index contributed by atoms with van der Waals surface area (Å²) in [6.45, 7) is 1.74. The molecule has 0 spiro atoms. The summed E-state index contributed by atoms with van der Waals surface area (Å²) < 4.78 is 42.7. The maximum absolute atomic E-state index is 14.0. The van der Waals surface area contributed by atoms with Crippen molar-refractivity contribution in [3.63, 3.8) is 0 Å². The first-order chi connectivity index (χ1) is 18.3. The van der Waals surface area contributed by atoms with Gasteiger partial charge in [0, 0.05) is 67.6 Å². The quantitative estimate of drug-likeness (QED) is 0.327. The molecule has 0 unspecified atom stereocenters. The van der Waals surface area contributed by atoms with Crippen molar-refractivity contribution in [2.24, 2.45) is 0 Å². The van der Waals surface area contributed by atoms with Crippen LogP contribution in [-0.4, -0.2) is 33.6 Å². The first-order valence-electron chi connectivity index (χ1n) is 11.8. The zero-order valence-electron chi connectivity index (χ0n) is 20.0. The number of nitrogens with one attached hydrogen (secondary N) is 1. The van der Waals surface area contributed by atoms with Crippen LogP contribution < -0.4 is 5.32 Å². The number of hydrogen-bond donors (Lipinski definition) is 1. The zero-order valence-corrected chi connectivity index (χ0v) is 20.8. The Kier molecular flexibility index (Phi) is 7.18. The summed E-state index contributed by atoms with van der Waals surface area (Å²) in [4.78, 5) is 19.4. The largest absolute Gasteiger partial charge is 0.333 e. The maximum atomic E-state index is 14.0. The second-order valence-corrected chi connectivity index (χ2v) is 9.31. The van der Waals surface area contributed by atoms with E-state index < -0.39 is 17.5 Å². The van der Waals surface area contributed by atoms with E-state index in [1.54, 1.807) is 41.1 Å². The van der Waals surface area contributed by atoms with E-state index in [0.29, 0.717) is 54.4 Å². The molecule has 0 bridgehead atoms. The van der Waals surface area contributed by atoms with Gasteiger partial charge in [-0.2, -0.15) is 5.26 Å². The Morgan fingerprint density at radius 1 is 1.16 bits per heavy atom. The molecular formula is C28H21ClF3N5O. The van der Waals surface area contributed by atoms with Gasteiger partial charge in [0.05, 0.1) is 17.1 Å². The van der Waals surface area contributed by atoms with Crippen molar-refractivity contribution in [3.8, 4) is 6.07 Å². The van der Waals surface area contributed by atoms with Crippen molar-refractivity contribution < 1.29 is 18.0 Å². The molecule has 0 aliphatic carbocycles. The molecule has 1 aliphatic rings. The number of fused-ring (bicyclic) bond motifs is 3. The molecule has 1 N–H and O–H groups in total. The van der Waals surface area contributed by atoms with Gasteiger partial charge in [-0.05, 0) is 35.4 Å². The highest BCUT2D eigenvalue weighted by Crippen LogP contribution is 2.32. The number of pyridine rings is 1. The number of carbonyl (C=O) groups excluding carboxylic acids is 1. The van der Waals surface area contributed by atoms with Gasteiger partial charge >= 0.3 is 6.03 Å². The molecule has 6 nitrogen and oxygen atoms in total. The van der Waals surface area contributed by atoms with Crippen molar-refractivity contribution in [3.05, 3.63) is 105 Å². The molecule has 0 atom stereocenters. The lowest BCUT2D eigenvalue weighted by Gasteiger charge is -2.27. The number of aromatic nitrogens is 2. The molecule has 2 aromatic carbocycles. The van der Waals surface area contributed by atoms with Gasteiger partial charge in [-0.15, -0.1) is 0 Å². The van der Waals surface area contributed by atoms with Crippen LogP contribution in [-0.2, 0) is 19.5 Å². The minimum atomic E-state index is -0.967. The first kappa shape index (κ1) is 25.5. The molecular weight excluding hydrogens is 515 g/mol. The number of amides is 1. The Hall–Kier alpha value is -4.13. The molecule has 3 heterocycles. The van der Waals surface area contributed by atoms with Crippen molar-refractivity contribution in [2.45, 2.75) is 19.5 Å². The summed E-state index contributed by atoms with van der Waals surface area (Å²) in [5.41, 5.74) is 3.37. The normalized spacial score (nSPS) is 13.6. The second-order valence-electron chi connectivity index (χ2n) is 8.92. The van der Waals surface area contributed by atoms with Gasteiger partial charge in [0.25, 0.3) is 0 Å². The van der Waals surface area contributed by atoms with Crippen molar-refractivity contribution >= 4 is 34.6 Å². The Labute approximate surface area is 221 Å². The van der Waals surface area contributed by atoms with Crippen LogP contribution in [0.5, 0.6) is 0 Å². The Morgan fingerprint density at radius 2 is 1.95 bits per heavy atom. The second kappa shape index (κ2) is 10.7. The molecule has 1 amide bonds. The third-order valence-corrected chi connectivity index (χ3v) is 6.69. The predicted molar refractivity (Wildman–Crippen MR) is 138 cm³/mol. The topological polar surface area (TPSA) is 74.0 Å². The van der Waals surface area contributed by atoms with Crippen LogP contribution >= 0.6 is 11.6 Å². The number of benzene rings is 2. The highest BCUT2D eigenvalue weighted by atomic mass is 35.5. The number of rotatable bonds is 5. The van der Waals surface area contributed by atoms with Crippen LogP contribution in [0.3, 0.4) is 0 Å². The summed E-state index contributed by atoms with van der Waals surface area (Å²) >= 11 is 5.95. The van der Waals surface area contributed by atoms with E-state index in [-0.39, 0.29) is 18.1 Å². The molecule has 192 valence electrons. The molecule has 0 saturated heterocycles. The van der Waals surface area contributed by atoms with Gasteiger partial charge in [0.15, 0.2) is 0 Å². The van der Waals surface area contributed by atoms with Crippen molar-refractivity contribution in [1.82, 2.24) is 19.8 Å². The fourth-order valence-corrected chi connectivity index (χ4v) is 4.91. The summed E-state index contributed by atoms with van der Waals surface area (Å²) in [5.74, 6) is -2.89. The third-order valence-electron chi connectivity index (χ3n) is 6.49. The van der Waals surface area contributed by atoms with Gasteiger partial charge in [-0.25, -0.2) is 22.9 Å². The van der Waals surface area contributed by atoms with E-state index >= 15 is 0 Å². The lowest BCUT2D eigenvalue weighted by molar-refractivity contribution is 0.240. The average molecular weight is 536 g/mol. The Balaban J connectivity index is 1.40. The molecule has 5 rings (SSSR count). The third kappa shape index (κ3) is 5.14. The fraction of sp³-hybridized carbons (Fsp3) is 0.179. The SMILES string of the molecule is N#Cc1ccc2c3c(n(C(=O)NCc4ccnc(Cl)c4)c2c1)CCN(CC=Cc1c(F)cc(F)cc1F)C3. The van der Waals surface area contributed by atoms with Gasteiger partial charge in [0.1, 0.15) is 22.6 Å². The van der Waals surface area contributed by atoms with E-state index in [1.165, 1.54) is 6.08 Å². The highest BCUT2D eigenvalue weighted by molar-refractivity contribution is 6.29. The summed E-state index contributed by atoms with van der Waals surface area (Å²) in [6.07, 6.45) is 5.05. The molecule has 2 aromatic heterocycles. The number of carbonyl (C=O) groups is 1. The van der Waals surface area contributed by atoms with Crippen LogP contribution in [0.25, 0.3) is 17.0 Å². The number of hydrogen-bond acceptors (Lipinski definition) is 4. The summed E-state index contributed by atoms with van der Waals surface area (Å²) in [6, 6.07) is 11.8. The lowest BCUT2D eigenvalue weighted by Crippen LogP contribution is -2.34. The van der Waals surface area contributed by atoms with E-state index in [0.717, 1.165) is 22.2 Å². The monoisotopic (exact) mass is 535 g/mol. The average Bonchev–Trinajstić information content (AvgIpc) is 3.21. The Bertz CT molecular complexity index is 1600. The van der Waals surface area contributed by atoms with Crippen LogP contribution in [0.2, 0.25) is 5.15 Å². The van der Waals surface area contributed by atoms with Gasteiger partial charge < -0.3 is 5.32 Å². The maximum Gasteiger partial charge on any atom is 0.326 e. The van der Waals surface area contributed by atoms with E-state index in [9.17, 15) is 23.2 Å². The smallest absolute Gasteiger partial charge is 0.326 e. The molecule has 4 aromatic rings. The minimum absolute atomic E-state index is 0.251. The number of halogens is 4. The standard InChI is InChI=1S/C28H21ClF3N5O/c29-27-11-18(5-7-34-27)15-35-28(38)37-25-6-9-36(8-1-2-21-23(31)12-19(30)13-24(21)32)16-22(25)20-4-3-17(14-33)10-26(20)37/h1-5,7,10-13H,6,8-9,15-16H2,(H,35,38). The molecule has 0 saturated carbocycles. The minimum Gasteiger partial charge on any atom is -0.333 e. The lowest BCUT2D eigenvalue weighted by atomic mass is 10.0. The van der Waals surface area contributed by atoms with Crippen molar-refractivity contribution in [2.75, 3.05) is 13.1 Å². The van der Waals surface area contributed by atoms with E-state index in [4.69, 9.17) is 11.6 Å². The van der Waals surface area contributed by atoms with Crippen LogP contribution in [0.15, 0.2) is 54.7 Å². The van der Waals surface area contributed by atoms with Crippen LogP contribution in [0.4, 0.5) is 18.0 Å². The Morgan fingerprint density at radius 3 is 2.68 bits per heavy atom. The van der Waals surface area contributed by atoms with E-state index in [2.05, 4.69) is 21.3 Å². The van der Waals surface area contributed by atoms with E-state index in [1.807, 2.05) is 6.07 Å². The van der Waals surface area contributed by atoms with Crippen molar-refractivity contribution in [1.29, 1.82) is 5.26 Å². The van der Waals surface area contributed by atoms with Crippen LogP contribution in [0.1, 0.15) is 27.9 Å². The zero-order chi connectivity index (χ0) is 26.8. The number of nitrogens with zero attached hydrogens (tertiary/aromatic N) is 4. The predicted octanol–water partition coefficient (Wildman–Crippen LogP) is 5.81. The molecule has 38 heavy (non-hydrogen) atoms. The van der Waals surface area contributed by atoms with Crippen LogP contribution in [0, 0.1) is 28.8 Å². The summed E-state index contributed by atoms with van der Waals surface area (Å²) in [5, 5.41) is 13.5. The fourth-order valence-electron chi connectivity index (χ4n) is 4.71. The first-order valence-corrected chi connectivity index (χ1v) is 12.2. The number of nitriles is 1. The molecule has 1 aliphatic heterocycles. The van der Waals surface area contributed by atoms with Gasteiger partial charge in [0.2, 0.25) is 0 Å². The molecule has 0 fully saturated rings. The highest BCUT2D eigenvalue weighted by Gasteiger charge is 2.26. The summed E-state index contributed by atoms with van der Waals surface area (Å²) in [7, 11) is 0. The molecule has 0 radical (unpaired) electrons. The molecule has 10 heteroatoms.